The number of ether oxygens (including phenoxy) is 1. The predicted molar refractivity (Wildman–Crippen MR) is 84.5 cm³/mol. The largest absolute Gasteiger partial charge is 0.480 e. The maximum atomic E-state index is 12.4. The number of carbonyl (C=O) groups is 2. The molecule has 1 unspecified atom stereocenters. The number of carbonyl (C=O) groups excluding carboxylic acids is 1. The molecule has 2 heterocycles. The molecule has 1 aromatic rings. The first-order chi connectivity index (χ1) is 11.0. The first-order valence-corrected chi connectivity index (χ1v) is 8.20. The summed E-state index contributed by atoms with van der Waals surface area (Å²) in [5.74, 6) is -1.37. The number of hydrogen-bond donors (Lipinski definition) is 2. The minimum absolute atomic E-state index is 0.237. The molecule has 7 heteroatoms. The summed E-state index contributed by atoms with van der Waals surface area (Å²) in [6, 6.07) is -0.617. The van der Waals surface area contributed by atoms with Crippen LogP contribution >= 0.6 is 0 Å². The van der Waals surface area contributed by atoms with Crippen molar-refractivity contribution >= 4 is 11.9 Å². The number of nitrogens with zero attached hydrogens (tertiary/aromatic N) is 2. The molecule has 23 heavy (non-hydrogen) atoms. The van der Waals surface area contributed by atoms with Gasteiger partial charge in [0.2, 0.25) is 0 Å². The van der Waals surface area contributed by atoms with E-state index in [1.807, 2.05) is 18.5 Å². The minimum atomic E-state index is -0.999. The predicted octanol–water partition coefficient (Wildman–Crippen LogP) is 1.92. The average molecular weight is 323 g/mol. The van der Waals surface area contributed by atoms with E-state index in [-0.39, 0.29) is 11.9 Å². The molecule has 7 nitrogen and oxygen atoms in total. The molecule has 2 rings (SSSR count). The van der Waals surface area contributed by atoms with Crippen LogP contribution in [0.1, 0.15) is 61.1 Å². The summed E-state index contributed by atoms with van der Waals surface area (Å²) in [4.78, 5) is 23.6. The molecule has 0 radical (unpaired) electrons. The van der Waals surface area contributed by atoms with Crippen molar-refractivity contribution in [1.29, 1.82) is 0 Å². The Morgan fingerprint density at radius 1 is 1.48 bits per heavy atom. The van der Waals surface area contributed by atoms with Gasteiger partial charge in [0, 0.05) is 18.9 Å². The number of unbranched alkanes of at least 4 members (excludes halogenated alkanes) is 1. The minimum Gasteiger partial charge on any atom is -0.480 e. The zero-order chi connectivity index (χ0) is 16.8. The van der Waals surface area contributed by atoms with E-state index in [1.54, 1.807) is 0 Å². The molecule has 1 fully saturated rings. The van der Waals surface area contributed by atoms with E-state index in [1.165, 1.54) is 6.20 Å². The van der Waals surface area contributed by atoms with E-state index >= 15 is 0 Å². The van der Waals surface area contributed by atoms with Gasteiger partial charge in [-0.1, -0.05) is 19.8 Å². The van der Waals surface area contributed by atoms with Crippen LogP contribution in [0.25, 0.3) is 0 Å². The van der Waals surface area contributed by atoms with Crippen LogP contribution in [0.15, 0.2) is 6.20 Å². The number of carboxylic acid groups (broad SMARTS) is 1. The van der Waals surface area contributed by atoms with Crippen molar-refractivity contribution in [3.63, 3.8) is 0 Å². The zero-order valence-corrected chi connectivity index (χ0v) is 13.7. The van der Waals surface area contributed by atoms with E-state index < -0.39 is 12.0 Å². The molecule has 1 atom stereocenters. The lowest BCUT2D eigenvalue weighted by molar-refractivity contribution is -0.139. The highest BCUT2D eigenvalue weighted by molar-refractivity contribution is 5.97. The molecule has 0 aliphatic carbocycles. The van der Waals surface area contributed by atoms with E-state index in [0.29, 0.717) is 25.2 Å². The van der Waals surface area contributed by atoms with Crippen LogP contribution in [0.3, 0.4) is 0 Å². The van der Waals surface area contributed by atoms with Gasteiger partial charge in [0.15, 0.2) is 0 Å². The average Bonchev–Trinajstić information content (AvgIpc) is 2.93. The van der Waals surface area contributed by atoms with E-state index in [9.17, 15) is 14.7 Å². The third-order valence-electron chi connectivity index (χ3n) is 4.28. The van der Waals surface area contributed by atoms with Gasteiger partial charge in [-0.3, -0.25) is 9.48 Å². The second kappa shape index (κ2) is 8.10. The molecule has 0 bridgehead atoms. The SMILES string of the molecule is CCCCC(NC(=O)c1cnn(C2CCOCC2)c1C)C(=O)O. The van der Waals surface area contributed by atoms with Crippen molar-refractivity contribution in [1.82, 2.24) is 15.1 Å². The Hall–Kier alpha value is -1.89. The van der Waals surface area contributed by atoms with Crippen LogP contribution in [0.2, 0.25) is 0 Å². The van der Waals surface area contributed by atoms with Gasteiger partial charge >= 0.3 is 5.97 Å². The Balaban J connectivity index is 2.07. The topological polar surface area (TPSA) is 93.5 Å². The molecular formula is C16H25N3O4. The highest BCUT2D eigenvalue weighted by atomic mass is 16.5. The van der Waals surface area contributed by atoms with Crippen molar-refractivity contribution < 1.29 is 19.4 Å². The first-order valence-electron chi connectivity index (χ1n) is 8.20. The van der Waals surface area contributed by atoms with Gasteiger partial charge in [-0.15, -0.1) is 0 Å². The third kappa shape index (κ3) is 4.31. The third-order valence-corrected chi connectivity index (χ3v) is 4.28. The molecule has 1 amide bonds. The van der Waals surface area contributed by atoms with Crippen LogP contribution in [-0.4, -0.2) is 46.0 Å². The summed E-state index contributed by atoms with van der Waals surface area (Å²) >= 11 is 0. The van der Waals surface area contributed by atoms with Crippen molar-refractivity contribution in [3.05, 3.63) is 17.5 Å². The Bertz CT molecular complexity index is 550. The number of aromatic nitrogens is 2. The molecule has 0 aromatic carbocycles. The molecule has 0 spiro atoms. The molecule has 0 saturated carbocycles. The number of rotatable bonds is 7. The number of amides is 1. The van der Waals surface area contributed by atoms with Crippen LogP contribution < -0.4 is 5.32 Å². The van der Waals surface area contributed by atoms with E-state index in [0.717, 1.165) is 31.4 Å². The quantitative estimate of drug-likeness (QED) is 0.799. The summed E-state index contributed by atoms with van der Waals surface area (Å²) in [7, 11) is 0. The molecule has 1 saturated heterocycles. The van der Waals surface area contributed by atoms with E-state index in [4.69, 9.17) is 4.74 Å². The normalized spacial score (nSPS) is 17.0. The number of carboxylic acids is 1. The lowest BCUT2D eigenvalue weighted by Gasteiger charge is -2.23. The highest BCUT2D eigenvalue weighted by Gasteiger charge is 2.25. The summed E-state index contributed by atoms with van der Waals surface area (Å²) in [6.07, 6.45) is 5.36. The van der Waals surface area contributed by atoms with Gasteiger partial charge in [0.25, 0.3) is 5.91 Å². The van der Waals surface area contributed by atoms with Gasteiger partial charge in [-0.25, -0.2) is 4.79 Å². The summed E-state index contributed by atoms with van der Waals surface area (Å²) in [6.45, 7) is 5.23. The molecule has 128 valence electrons. The van der Waals surface area contributed by atoms with Crippen LogP contribution in [0.5, 0.6) is 0 Å². The summed E-state index contributed by atoms with van der Waals surface area (Å²) < 4.78 is 7.21. The highest BCUT2D eigenvalue weighted by Crippen LogP contribution is 2.23. The van der Waals surface area contributed by atoms with Crippen molar-refractivity contribution in [2.75, 3.05) is 13.2 Å². The summed E-state index contributed by atoms with van der Waals surface area (Å²) in [5, 5.41) is 16.2. The standard InChI is InChI=1S/C16H25N3O4/c1-3-4-5-14(16(21)22)18-15(20)13-10-17-19(11(13)2)12-6-8-23-9-7-12/h10,12,14H,3-9H2,1-2H3,(H,18,20)(H,21,22). The van der Waals surface area contributed by atoms with Crippen molar-refractivity contribution in [2.24, 2.45) is 0 Å². The Kier molecular flexibility index (Phi) is 6.15. The smallest absolute Gasteiger partial charge is 0.326 e. The van der Waals surface area contributed by atoms with Gasteiger partial charge in [0.1, 0.15) is 6.04 Å². The number of hydrogen-bond acceptors (Lipinski definition) is 4. The Morgan fingerprint density at radius 2 is 2.17 bits per heavy atom. The fraction of sp³-hybridized carbons (Fsp3) is 0.688. The molecule has 1 aromatic heterocycles. The number of nitrogens with one attached hydrogen (secondary N) is 1. The van der Waals surface area contributed by atoms with Crippen molar-refractivity contribution in [2.45, 2.75) is 58.0 Å². The Labute approximate surface area is 136 Å². The lowest BCUT2D eigenvalue weighted by atomic mass is 10.1. The van der Waals surface area contributed by atoms with Gasteiger partial charge in [0.05, 0.1) is 17.8 Å². The second-order valence-corrected chi connectivity index (χ2v) is 5.94. The maximum absolute atomic E-state index is 12.4. The molecule has 1 aliphatic rings. The Morgan fingerprint density at radius 3 is 2.78 bits per heavy atom. The summed E-state index contributed by atoms with van der Waals surface area (Å²) in [5.41, 5.74) is 1.22. The van der Waals surface area contributed by atoms with Gasteiger partial charge in [-0.05, 0) is 26.2 Å². The lowest BCUT2D eigenvalue weighted by Crippen LogP contribution is -2.40. The van der Waals surface area contributed by atoms with Crippen LogP contribution in [-0.2, 0) is 9.53 Å². The second-order valence-electron chi connectivity index (χ2n) is 5.94. The van der Waals surface area contributed by atoms with Gasteiger partial charge < -0.3 is 15.2 Å². The number of aliphatic carboxylic acids is 1. The fourth-order valence-corrected chi connectivity index (χ4v) is 2.85. The fourth-order valence-electron chi connectivity index (χ4n) is 2.85. The van der Waals surface area contributed by atoms with E-state index in [2.05, 4.69) is 10.4 Å². The molecule has 1 aliphatic heterocycles. The van der Waals surface area contributed by atoms with Crippen LogP contribution in [0.4, 0.5) is 0 Å². The van der Waals surface area contributed by atoms with Gasteiger partial charge in [-0.2, -0.15) is 5.10 Å². The molecule has 2 N–H and O–H groups in total. The first kappa shape index (κ1) is 17.5. The van der Waals surface area contributed by atoms with Crippen LogP contribution in [0, 0.1) is 6.92 Å². The maximum Gasteiger partial charge on any atom is 0.326 e. The van der Waals surface area contributed by atoms with Crippen molar-refractivity contribution in [3.8, 4) is 0 Å². The molecular weight excluding hydrogens is 298 g/mol. The monoisotopic (exact) mass is 323 g/mol. The zero-order valence-electron chi connectivity index (χ0n) is 13.7.